The number of amides is 1. The Labute approximate surface area is 125 Å². The predicted molar refractivity (Wildman–Crippen MR) is 79.5 cm³/mol. The Hall–Kier alpha value is -1.75. The number of benzene rings is 1. The lowest BCUT2D eigenvalue weighted by Crippen LogP contribution is -2.44. The number of likely N-dealkylation sites (tertiary alicyclic amines) is 1. The van der Waals surface area contributed by atoms with E-state index in [0.717, 1.165) is 49.5 Å². The van der Waals surface area contributed by atoms with Crippen molar-refractivity contribution in [2.24, 2.45) is 0 Å². The number of hydrogen-bond acceptors (Lipinski definition) is 4. The van der Waals surface area contributed by atoms with Crippen LogP contribution in [0.15, 0.2) is 18.2 Å². The zero-order valence-corrected chi connectivity index (χ0v) is 12.4. The topological polar surface area (TPSA) is 50.8 Å². The molecule has 1 saturated heterocycles. The van der Waals surface area contributed by atoms with Crippen molar-refractivity contribution in [1.82, 2.24) is 10.2 Å². The number of ether oxygens (including phenoxy) is 2. The van der Waals surface area contributed by atoms with Crippen LogP contribution < -0.4 is 14.8 Å². The van der Waals surface area contributed by atoms with Crippen molar-refractivity contribution in [3.05, 3.63) is 23.8 Å². The largest absolute Gasteiger partial charge is 0.454 e. The minimum Gasteiger partial charge on any atom is -0.454 e. The molecule has 21 heavy (non-hydrogen) atoms. The van der Waals surface area contributed by atoms with Crippen LogP contribution in [0.3, 0.4) is 0 Å². The van der Waals surface area contributed by atoms with E-state index in [1.807, 2.05) is 18.2 Å². The SMILES string of the molecule is CCN1CCC(NC(=O)Cc2ccc3c(c2)OCO3)CC1. The highest BCUT2D eigenvalue weighted by Crippen LogP contribution is 2.32. The molecule has 2 aliphatic heterocycles. The monoisotopic (exact) mass is 290 g/mol. The van der Waals surface area contributed by atoms with E-state index in [9.17, 15) is 4.79 Å². The molecule has 0 radical (unpaired) electrons. The maximum Gasteiger partial charge on any atom is 0.231 e. The van der Waals surface area contributed by atoms with Crippen molar-refractivity contribution in [2.75, 3.05) is 26.4 Å². The molecule has 1 fully saturated rings. The van der Waals surface area contributed by atoms with E-state index < -0.39 is 0 Å². The van der Waals surface area contributed by atoms with Gasteiger partial charge in [0.1, 0.15) is 0 Å². The molecule has 1 N–H and O–H groups in total. The number of hydrogen-bond donors (Lipinski definition) is 1. The number of nitrogens with zero attached hydrogens (tertiary/aromatic N) is 1. The maximum atomic E-state index is 12.1. The number of carbonyl (C=O) groups excluding carboxylic acids is 1. The zero-order valence-electron chi connectivity index (χ0n) is 12.4. The van der Waals surface area contributed by atoms with Crippen LogP contribution in [-0.2, 0) is 11.2 Å². The molecule has 0 unspecified atom stereocenters. The van der Waals surface area contributed by atoms with Crippen molar-refractivity contribution in [2.45, 2.75) is 32.2 Å². The number of rotatable bonds is 4. The van der Waals surface area contributed by atoms with E-state index in [4.69, 9.17) is 9.47 Å². The van der Waals surface area contributed by atoms with Gasteiger partial charge in [-0.1, -0.05) is 13.0 Å². The van der Waals surface area contributed by atoms with E-state index in [0.29, 0.717) is 12.5 Å². The summed E-state index contributed by atoms with van der Waals surface area (Å²) in [5, 5.41) is 3.14. The Morgan fingerprint density at radius 3 is 2.81 bits per heavy atom. The predicted octanol–water partition coefficient (Wildman–Crippen LogP) is 1.56. The van der Waals surface area contributed by atoms with E-state index in [1.165, 1.54) is 0 Å². The summed E-state index contributed by atoms with van der Waals surface area (Å²) in [6.45, 7) is 5.69. The van der Waals surface area contributed by atoms with Crippen molar-refractivity contribution in [3.63, 3.8) is 0 Å². The molecule has 2 aliphatic rings. The number of fused-ring (bicyclic) bond motifs is 1. The third-order valence-electron chi connectivity index (χ3n) is 4.20. The molecule has 5 heteroatoms. The van der Waals surface area contributed by atoms with Gasteiger partial charge in [-0.2, -0.15) is 0 Å². The Kier molecular flexibility index (Phi) is 4.29. The van der Waals surface area contributed by atoms with Crippen molar-refractivity contribution in [3.8, 4) is 11.5 Å². The molecule has 1 amide bonds. The second-order valence-corrected chi connectivity index (χ2v) is 5.64. The normalized spacial score (nSPS) is 18.7. The molecule has 0 aromatic heterocycles. The van der Waals surface area contributed by atoms with Crippen LogP contribution in [-0.4, -0.2) is 43.3 Å². The molecule has 0 saturated carbocycles. The van der Waals surface area contributed by atoms with Gasteiger partial charge in [0.15, 0.2) is 11.5 Å². The van der Waals surface area contributed by atoms with Gasteiger partial charge in [0, 0.05) is 19.1 Å². The molecule has 5 nitrogen and oxygen atoms in total. The van der Waals surface area contributed by atoms with Gasteiger partial charge >= 0.3 is 0 Å². The molecule has 0 spiro atoms. The molecule has 0 bridgehead atoms. The van der Waals surface area contributed by atoms with Gasteiger partial charge in [-0.05, 0) is 37.1 Å². The summed E-state index contributed by atoms with van der Waals surface area (Å²) in [5.74, 6) is 1.58. The fourth-order valence-electron chi connectivity index (χ4n) is 2.91. The fraction of sp³-hybridized carbons (Fsp3) is 0.562. The van der Waals surface area contributed by atoms with Gasteiger partial charge in [0.25, 0.3) is 0 Å². The molecule has 3 rings (SSSR count). The summed E-state index contributed by atoms with van der Waals surface area (Å²) in [7, 11) is 0. The van der Waals surface area contributed by atoms with Crippen LogP contribution in [0.5, 0.6) is 11.5 Å². The second kappa shape index (κ2) is 6.35. The highest BCUT2D eigenvalue weighted by molar-refractivity contribution is 5.79. The smallest absolute Gasteiger partial charge is 0.231 e. The average molecular weight is 290 g/mol. The Morgan fingerprint density at radius 1 is 1.29 bits per heavy atom. The summed E-state index contributed by atoms with van der Waals surface area (Å²) in [6.07, 6.45) is 2.48. The first-order valence-corrected chi connectivity index (χ1v) is 7.65. The third kappa shape index (κ3) is 3.47. The van der Waals surface area contributed by atoms with Gasteiger partial charge in [-0.25, -0.2) is 0 Å². The van der Waals surface area contributed by atoms with Crippen LogP contribution in [0, 0.1) is 0 Å². The summed E-state index contributed by atoms with van der Waals surface area (Å²) in [4.78, 5) is 14.6. The van der Waals surface area contributed by atoms with Crippen LogP contribution in [0.2, 0.25) is 0 Å². The lowest BCUT2D eigenvalue weighted by Gasteiger charge is -2.31. The van der Waals surface area contributed by atoms with Crippen molar-refractivity contribution >= 4 is 5.91 Å². The highest BCUT2D eigenvalue weighted by atomic mass is 16.7. The number of carbonyl (C=O) groups is 1. The second-order valence-electron chi connectivity index (χ2n) is 5.64. The molecule has 114 valence electrons. The summed E-state index contributed by atoms with van der Waals surface area (Å²) >= 11 is 0. The van der Waals surface area contributed by atoms with E-state index in [1.54, 1.807) is 0 Å². The van der Waals surface area contributed by atoms with Crippen LogP contribution in [0.4, 0.5) is 0 Å². The summed E-state index contributed by atoms with van der Waals surface area (Å²) in [6, 6.07) is 5.99. The fourth-order valence-corrected chi connectivity index (χ4v) is 2.91. The molecule has 2 heterocycles. The zero-order chi connectivity index (χ0) is 14.7. The first kappa shape index (κ1) is 14.2. The molecule has 1 aromatic carbocycles. The number of nitrogens with one attached hydrogen (secondary N) is 1. The van der Waals surface area contributed by atoms with Crippen LogP contribution in [0.1, 0.15) is 25.3 Å². The third-order valence-corrected chi connectivity index (χ3v) is 4.20. The first-order chi connectivity index (χ1) is 10.2. The Bertz CT molecular complexity index is 510. The minimum atomic E-state index is 0.0869. The Morgan fingerprint density at radius 2 is 2.05 bits per heavy atom. The quantitative estimate of drug-likeness (QED) is 0.914. The first-order valence-electron chi connectivity index (χ1n) is 7.65. The summed E-state index contributed by atoms with van der Waals surface area (Å²) in [5.41, 5.74) is 0.961. The molecular formula is C16H22N2O3. The van der Waals surface area contributed by atoms with E-state index >= 15 is 0 Å². The van der Waals surface area contributed by atoms with Gasteiger partial charge in [-0.3, -0.25) is 4.79 Å². The van der Waals surface area contributed by atoms with E-state index in [-0.39, 0.29) is 12.7 Å². The molecule has 1 aromatic rings. The highest BCUT2D eigenvalue weighted by Gasteiger charge is 2.20. The average Bonchev–Trinajstić information content (AvgIpc) is 2.95. The van der Waals surface area contributed by atoms with Gasteiger partial charge < -0.3 is 19.7 Å². The van der Waals surface area contributed by atoms with Crippen LogP contribution in [0.25, 0.3) is 0 Å². The van der Waals surface area contributed by atoms with Crippen molar-refractivity contribution in [1.29, 1.82) is 0 Å². The van der Waals surface area contributed by atoms with Gasteiger partial charge in [0.05, 0.1) is 6.42 Å². The summed E-state index contributed by atoms with van der Waals surface area (Å²) < 4.78 is 10.6. The minimum absolute atomic E-state index is 0.0869. The van der Waals surface area contributed by atoms with Crippen molar-refractivity contribution < 1.29 is 14.3 Å². The Balaban J connectivity index is 1.50. The molecule has 0 aliphatic carbocycles. The van der Waals surface area contributed by atoms with Gasteiger partial charge in [0.2, 0.25) is 12.7 Å². The van der Waals surface area contributed by atoms with Gasteiger partial charge in [-0.15, -0.1) is 0 Å². The maximum absolute atomic E-state index is 12.1. The van der Waals surface area contributed by atoms with Crippen LogP contribution >= 0.6 is 0 Å². The molecule has 0 atom stereocenters. The standard InChI is InChI=1S/C16H22N2O3/c1-2-18-7-5-13(6-8-18)17-16(19)10-12-3-4-14-15(9-12)21-11-20-14/h3-4,9,13H,2,5-8,10-11H2,1H3,(H,17,19). The lowest BCUT2D eigenvalue weighted by atomic mass is 10.0. The number of piperidine rings is 1. The molecular weight excluding hydrogens is 268 g/mol. The lowest BCUT2D eigenvalue weighted by molar-refractivity contribution is -0.121. The van der Waals surface area contributed by atoms with E-state index in [2.05, 4.69) is 17.1 Å².